The number of hydrogen-bond donors (Lipinski definition) is 1. The van der Waals surface area contributed by atoms with Crippen molar-refractivity contribution in [3.8, 4) is 0 Å². The molecule has 2 aromatic rings. The molecule has 1 aliphatic rings. The molecule has 0 amide bonds. The van der Waals surface area contributed by atoms with E-state index < -0.39 is 35.0 Å². The molecule has 3 rings (SSSR count). The van der Waals surface area contributed by atoms with E-state index in [4.69, 9.17) is 16.7 Å². The number of allylic oxidation sites excluding steroid dienone is 1. The average Bonchev–Trinajstić information content (AvgIpc) is 2.48. The average molecular weight is 340 g/mol. The van der Waals surface area contributed by atoms with E-state index in [0.29, 0.717) is 0 Å². The van der Waals surface area contributed by atoms with Crippen LogP contribution in [0.3, 0.4) is 0 Å². The molecule has 118 valence electrons. The van der Waals surface area contributed by atoms with Gasteiger partial charge in [-0.25, -0.2) is 18.6 Å². The fourth-order valence-electron chi connectivity index (χ4n) is 2.36. The van der Waals surface area contributed by atoms with Gasteiger partial charge in [0.25, 0.3) is 0 Å². The van der Waals surface area contributed by atoms with Crippen LogP contribution < -0.4 is 5.43 Å². The zero-order valence-electron chi connectivity index (χ0n) is 11.3. The first kappa shape index (κ1) is 15.3. The fourth-order valence-corrected chi connectivity index (χ4v) is 2.50. The second-order valence-electron chi connectivity index (χ2n) is 4.79. The van der Waals surface area contributed by atoms with Crippen molar-refractivity contribution < 1.29 is 18.7 Å². The van der Waals surface area contributed by atoms with Gasteiger partial charge in [-0.2, -0.15) is 0 Å². The maximum atomic E-state index is 14.1. The molecule has 0 aliphatic carbocycles. The Hall–Kier alpha value is -2.61. The number of alkyl halides is 1. The molecule has 23 heavy (non-hydrogen) atoms. The van der Waals surface area contributed by atoms with Crippen LogP contribution in [0.25, 0.3) is 11.0 Å². The molecule has 0 fully saturated rings. The SMILES string of the molecule is O=C(O)c1cn(C2C(F)=CN=CC2F)c2nc(Cl)ccc2c1=O. The lowest BCUT2D eigenvalue weighted by molar-refractivity contribution is 0.0694. The number of fused-ring (bicyclic) bond motifs is 1. The summed E-state index contributed by atoms with van der Waals surface area (Å²) < 4.78 is 29.1. The zero-order valence-corrected chi connectivity index (χ0v) is 12.0. The summed E-state index contributed by atoms with van der Waals surface area (Å²) in [7, 11) is 0. The highest BCUT2D eigenvalue weighted by molar-refractivity contribution is 6.29. The number of aliphatic imine (C=N–C) groups is 1. The van der Waals surface area contributed by atoms with Gasteiger partial charge >= 0.3 is 5.97 Å². The Labute approximate surface area is 132 Å². The summed E-state index contributed by atoms with van der Waals surface area (Å²) in [6, 6.07) is 1.05. The van der Waals surface area contributed by atoms with Gasteiger partial charge < -0.3 is 9.67 Å². The predicted octanol–water partition coefficient (Wildman–Crippen LogP) is 2.52. The third kappa shape index (κ3) is 2.50. The molecule has 2 unspecified atom stereocenters. The van der Waals surface area contributed by atoms with Crippen LogP contribution in [0.4, 0.5) is 8.78 Å². The summed E-state index contributed by atoms with van der Waals surface area (Å²) in [5.41, 5.74) is -1.54. The van der Waals surface area contributed by atoms with E-state index in [9.17, 15) is 18.4 Å². The summed E-state index contributed by atoms with van der Waals surface area (Å²) in [6.07, 6.45) is 0.700. The first-order valence-corrected chi connectivity index (χ1v) is 6.75. The summed E-state index contributed by atoms with van der Waals surface area (Å²) >= 11 is 5.79. The van der Waals surface area contributed by atoms with E-state index in [1.165, 1.54) is 12.1 Å². The minimum absolute atomic E-state index is 0.00185. The van der Waals surface area contributed by atoms with Crippen molar-refractivity contribution in [2.24, 2.45) is 4.99 Å². The third-order valence-corrected chi connectivity index (χ3v) is 3.59. The molecule has 0 radical (unpaired) electrons. The number of hydrogen-bond acceptors (Lipinski definition) is 4. The van der Waals surface area contributed by atoms with Gasteiger partial charge in [0.1, 0.15) is 28.2 Å². The van der Waals surface area contributed by atoms with Gasteiger partial charge in [0.05, 0.1) is 11.6 Å². The van der Waals surface area contributed by atoms with Gasteiger partial charge in [-0.15, -0.1) is 0 Å². The maximum Gasteiger partial charge on any atom is 0.341 e. The minimum Gasteiger partial charge on any atom is -0.477 e. The van der Waals surface area contributed by atoms with Crippen molar-refractivity contribution in [1.82, 2.24) is 9.55 Å². The lowest BCUT2D eigenvalue weighted by Crippen LogP contribution is -2.28. The Morgan fingerprint density at radius 1 is 1.39 bits per heavy atom. The topological polar surface area (TPSA) is 84.5 Å². The normalized spacial score (nSPS) is 20.6. The molecule has 0 spiro atoms. The molecule has 0 aromatic carbocycles. The van der Waals surface area contributed by atoms with Gasteiger partial charge in [-0.3, -0.25) is 9.79 Å². The van der Waals surface area contributed by atoms with Crippen LogP contribution in [0.5, 0.6) is 0 Å². The number of rotatable bonds is 2. The van der Waals surface area contributed by atoms with Gasteiger partial charge in [-0.05, 0) is 12.1 Å². The smallest absolute Gasteiger partial charge is 0.341 e. The third-order valence-electron chi connectivity index (χ3n) is 3.38. The van der Waals surface area contributed by atoms with Crippen molar-refractivity contribution in [2.75, 3.05) is 0 Å². The van der Waals surface area contributed by atoms with Crippen LogP contribution >= 0.6 is 11.6 Å². The fraction of sp³-hybridized carbons (Fsp3) is 0.143. The molecule has 3 heterocycles. The van der Waals surface area contributed by atoms with Crippen LogP contribution in [0.15, 0.2) is 40.1 Å². The lowest BCUT2D eigenvalue weighted by atomic mass is 10.1. The van der Waals surface area contributed by atoms with Crippen LogP contribution in [0.1, 0.15) is 16.4 Å². The number of carboxylic acids is 1. The van der Waals surface area contributed by atoms with Crippen LogP contribution in [-0.4, -0.2) is 33.0 Å². The van der Waals surface area contributed by atoms with Crippen molar-refractivity contribution in [2.45, 2.75) is 12.2 Å². The molecule has 1 aliphatic heterocycles. The Morgan fingerprint density at radius 2 is 2.13 bits per heavy atom. The largest absolute Gasteiger partial charge is 0.477 e. The van der Waals surface area contributed by atoms with Crippen LogP contribution in [-0.2, 0) is 0 Å². The number of nitrogens with zero attached hydrogens (tertiary/aromatic N) is 3. The van der Waals surface area contributed by atoms with E-state index in [1.54, 1.807) is 0 Å². The first-order valence-electron chi connectivity index (χ1n) is 6.38. The number of pyridine rings is 2. The summed E-state index contributed by atoms with van der Waals surface area (Å²) in [5.74, 6) is -2.44. The minimum atomic E-state index is -1.85. The van der Waals surface area contributed by atoms with Crippen molar-refractivity contribution >= 4 is 34.8 Å². The highest BCUT2D eigenvalue weighted by Crippen LogP contribution is 2.30. The van der Waals surface area contributed by atoms with Gasteiger partial charge in [-0.1, -0.05) is 11.6 Å². The highest BCUT2D eigenvalue weighted by Gasteiger charge is 2.31. The monoisotopic (exact) mass is 339 g/mol. The number of aromatic carboxylic acids is 1. The van der Waals surface area contributed by atoms with Crippen LogP contribution in [0.2, 0.25) is 5.15 Å². The number of halogens is 3. The quantitative estimate of drug-likeness (QED) is 0.852. The van der Waals surface area contributed by atoms with Gasteiger partial charge in [0.2, 0.25) is 5.43 Å². The second kappa shape index (κ2) is 5.54. The Kier molecular flexibility index (Phi) is 3.69. The highest BCUT2D eigenvalue weighted by atomic mass is 35.5. The standard InChI is InChI=1S/C14H8ClF2N3O3/c15-10-2-1-6-12(21)7(14(22)23)5-20(13(6)19-10)11-8(16)3-18-4-9(11)17/h1-5,8,11H,(H,22,23). The predicted molar refractivity (Wildman–Crippen MR) is 79.6 cm³/mol. The Morgan fingerprint density at radius 3 is 2.78 bits per heavy atom. The number of carboxylic acid groups (broad SMARTS) is 1. The van der Waals surface area contributed by atoms with E-state index in [2.05, 4.69) is 9.98 Å². The van der Waals surface area contributed by atoms with Gasteiger partial charge in [0.15, 0.2) is 6.17 Å². The molecule has 1 N–H and O–H groups in total. The number of carbonyl (C=O) groups is 1. The Balaban J connectivity index is 2.39. The number of aromatic nitrogens is 2. The van der Waals surface area contributed by atoms with Crippen molar-refractivity contribution in [3.05, 3.63) is 51.3 Å². The molecule has 2 atom stereocenters. The van der Waals surface area contributed by atoms with Crippen LogP contribution in [0, 0.1) is 0 Å². The Bertz CT molecular complexity index is 939. The van der Waals surface area contributed by atoms with Crippen molar-refractivity contribution in [3.63, 3.8) is 0 Å². The van der Waals surface area contributed by atoms with E-state index in [-0.39, 0.29) is 16.2 Å². The maximum absolute atomic E-state index is 14.1. The summed E-state index contributed by atoms with van der Waals surface area (Å²) in [5, 5.41) is 9.04. The molecule has 2 aromatic heterocycles. The molecule has 6 nitrogen and oxygen atoms in total. The molecule has 9 heteroatoms. The summed E-state index contributed by atoms with van der Waals surface area (Å²) in [4.78, 5) is 30.7. The lowest BCUT2D eigenvalue weighted by Gasteiger charge is -2.24. The molecular formula is C14H8ClF2N3O3. The van der Waals surface area contributed by atoms with E-state index in [0.717, 1.165) is 23.2 Å². The summed E-state index contributed by atoms with van der Waals surface area (Å²) in [6.45, 7) is 0. The van der Waals surface area contributed by atoms with Crippen molar-refractivity contribution in [1.29, 1.82) is 0 Å². The molecular weight excluding hydrogens is 332 g/mol. The van der Waals surface area contributed by atoms with E-state index in [1.807, 2.05) is 0 Å². The second-order valence-corrected chi connectivity index (χ2v) is 5.18. The first-order chi connectivity index (χ1) is 10.9. The zero-order chi connectivity index (χ0) is 16.7. The molecule has 0 bridgehead atoms. The molecule has 0 saturated carbocycles. The van der Waals surface area contributed by atoms with Gasteiger partial charge in [0, 0.05) is 12.4 Å². The molecule has 0 saturated heterocycles. The van der Waals surface area contributed by atoms with E-state index >= 15 is 0 Å².